The zero-order valence-electron chi connectivity index (χ0n) is 8.11. The van der Waals surface area contributed by atoms with Crippen LogP contribution in [0.1, 0.15) is 38.5 Å². The molecule has 1 aliphatic rings. The Morgan fingerprint density at radius 3 is 2.57 bits per heavy atom. The lowest BCUT2D eigenvalue weighted by atomic mass is 9.86. The Bertz CT molecular complexity index is 224. The van der Waals surface area contributed by atoms with Gasteiger partial charge >= 0.3 is 5.97 Å². The summed E-state index contributed by atoms with van der Waals surface area (Å²) in [6, 6.07) is 0. The second kappa shape index (κ2) is 5.10. The molecule has 0 saturated heterocycles. The summed E-state index contributed by atoms with van der Waals surface area (Å²) in [5.74, 6) is -1.73. The van der Waals surface area contributed by atoms with Gasteiger partial charge in [0.15, 0.2) is 5.78 Å². The number of hydrogen-bond acceptors (Lipinski definition) is 3. The first-order chi connectivity index (χ1) is 6.61. The number of hydrogen-bond donors (Lipinski definition) is 2. The van der Waals surface area contributed by atoms with Crippen molar-refractivity contribution in [2.75, 3.05) is 0 Å². The monoisotopic (exact) mass is 200 g/mol. The molecule has 0 aromatic rings. The molecule has 2 atom stereocenters. The molecule has 0 aliphatic heterocycles. The van der Waals surface area contributed by atoms with E-state index in [4.69, 9.17) is 5.11 Å². The van der Waals surface area contributed by atoms with Crippen molar-refractivity contribution in [2.24, 2.45) is 5.92 Å². The molecule has 1 aliphatic carbocycles. The van der Waals surface area contributed by atoms with E-state index in [1.165, 1.54) is 0 Å². The molecule has 1 saturated carbocycles. The Morgan fingerprint density at radius 1 is 1.29 bits per heavy atom. The molecule has 14 heavy (non-hydrogen) atoms. The van der Waals surface area contributed by atoms with Crippen molar-refractivity contribution in [2.45, 2.75) is 44.6 Å². The number of aliphatic hydroxyl groups is 1. The van der Waals surface area contributed by atoms with Crippen LogP contribution in [-0.4, -0.2) is 28.1 Å². The normalized spacial score (nSPS) is 29.4. The van der Waals surface area contributed by atoms with Gasteiger partial charge in [-0.15, -0.1) is 0 Å². The maximum atomic E-state index is 11.5. The van der Waals surface area contributed by atoms with E-state index in [1.54, 1.807) is 0 Å². The van der Waals surface area contributed by atoms with Crippen molar-refractivity contribution in [3.8, 4) is 0 Å². The highest BCUT2D eigenvalue weighted by Gasteiger charge is 2.28. The largest absolute Gasteiger partial charge is 0.481 e. The first-order valence-electron chi connectivity index (χ1n) is 5.05. The average molecular weight is 200 g/mol. The van der Waals surface area contributed by atoms with Gasteiger partial charge in [-0.2, -0.15) is 0 Å². The minimum atomic E-state index is -0.962. The summed E-state index contributed by atoms with van der Waals surface area (Å²) in [5, 5.41) is 18.0. The first kappa shape index (κ1) is 11.2. The molecule has 4 heteroatoms. The maximum Gasteiger partial charge on any atom is 0.304 e. The molecular weight excluding hydrogens is 184 g/mol. The van der Waals surface area contributed by atoms with Gasteiger partial charge in [0, 0.05) is 5.92 Å². The molecule has 80 valence electrons. The van der Waals surface area contributed by atoms with Crippen LogP contribution in [0.15, 0.2) is 0 Å². The molecule has 0 amide bonds. The van der Waals surface area contributed by atoms with Crippen molar-refractivity contribution in [3.63, 3.8) is 0 Å². The van der Waals surface area contributed by atoms with Crippen LogP contribution >= 0.6 is 0 Å². The Kier molecular flexibility index (Phi) is 4.07. The fourth-order valence-corrected chi connectivity index (χ4v) is 1.88. The highest BCUT2D eigenvalue weighted by molar-refractivity contribution is 5.88. The van der Waals surface area contributed by atoms with Gasteiger partial charge in [0.25, 0.3) is 0 Å². The van der Waals surface area contributed by atoms with Gasteiger partial charge in [0.2, 0.25) is 0 Å². The van der Waals surface area contributed by atoms with Crippen LogP contribution in [0, 0.1) is 5.92 Å². The summed E-state index contributed by atoms with van der Waals surface area (Å²) in [6.07, 6.45) is 2.70. The van der Waals surface area contributed by atoms with Crippen LogP contribution in [0.25, 0.3) is 0 Å². The van der Waals surface area contributed by atoms with Gasteiger partial charge in [0.05, 0.1) is 6.42 Å². The summed E-state index contributed by atoms with van der Waals surface area (Å²) in [5.41, 5.74) is 0. The zero-order valence-corrected chi connectivity index (χ0v) is 8.11. The van der Waals surface area contributed by atoms with Crippen LogP contribution < -0.4 is 0 Å². The number of carboxylic acid groups (broad SMARTS) is 1. The van der Waals surface area contributed by atoms with E-state index in [0.717, 1.165) is 19.3 Å². The van der Waals surface area contributed by atoms with Crippen LogP contribution in [0.5, 0.6) is 0 Å². The fourth-order valence-electron chi connectivity index (χ4n) is 1.88. The molecule has 0 radical (unpaired) electrons. The second-order valence-electron chi connectivity index (χ2n) is 3.85. The quantitative estimate of drug-likeness (QED) is 0.696. The minimum Gasteiger partial charge on any atom is -0.481 e. The lowest BCUT2D eigenvalue weighted by Gasteiger charge is -2.20. The van der Waals surface area contributed by atoms with Crippen molar-refractivity contribution in [1.82, 2.24) is 0 Å². The molecular formula is C10H16O4. The summed E-state index contributed by atoms with van der Waals surface area (Å²) in [7, 11) is 0. The van der Waals surface area contributed by atoms with Crippen LogP contribution in [0.2, 0.25) is 0 Å². The summed E-state index contributed by atoms with van der Waals surface area (Å²) in [6.45, 7) is 0. The topological polar surface area (TPSA) is 74.6 Å². The molecule has 0 spiro atoms. The van der Waals surface area contributed by atoms with Crippen molar-refractivity contribution >= 4 is 11.8 Å². The van der Waals surface area contributed by atoms with Gasteiger partial charge in [-0.05, 0) is 12.8 Å². The summed E-state index contributed by atoms with van der Waals surface area (Å²) in [4.78, 5) is 22.0. The molecule has 1 fully saturated rings. The highest BCUT2D eigenvalue weighted by Crippen LogP contribution is 2.22. The summed E-state index contributed by atoms with van der Waals surface area (Å²) < 4.78 is 0. The van der Waals surface area contributed by atoms with Gasteiger partial charge < -0.3 is 10.2 Å². The second-order valence-corrected chi connectivity index (χ2v) is 3.85. The third-order valence-electron chi connectivity index (χ3n) is 2.68. The molecule has 4 nitrogen and oxygen atoms in total. The number of Topliss-reactive ketones (excluding diaryl/α,β-unsaturated/α-hetero) is 1. The average Bonchev–Trinajstić information content (AvgIpc) is 2.11. The molecule has 0 aromatic heterocycles. The summed E-state index contributed by atoms with van der Waals surface area (Å²) >= 11 is 0. The number of carbonyl (C=O) groups is 2. The number of aliphatic carboxylic acids is 1. The zero-order chi connectivity index (χ0) is 10.6. The number of rotatable bonds is 2. The fraction of sp³-hybridized carbons (Fsp3) is 0.800. The molecule has 2 unspecified atom stereocenters. The van der Waals surface area contributed by atoms with E-state index in [9.17, 15) is 14.7 Å². The van der Waals surface area contributed by atoms with Gasteiger partial charge in [0.1, 0.15) is 6.10 Å². The Labute approximate surface area is 82.9 Å². The SMILES string of the molecule is O=C(O)CC1CCCCCC(O)C1=O. The van der Waals surface area contributed by atoms with E-state index >= 15 is 0 Å². The minimum absolute atomic E-state index is 0.143. The predicted octanol–water partition coefficient (Wildman–Crippen LogP) is 0.971. The van der Waals surface area contributed by atoms with Gasteiger partial charge in [-0.3, -0.25) is 9.59 Å². The maximum absolute atomic E-state index is 11.5. The van der Waals surface area contributed by atoms with E-state index in [1.807, 2.05) is 0 Å². The van der Waals surface area contributed by atoms with Crippen LogP contribution in [0.3, 0.4) is 0 Å². The number of carbonyl (C=O) groups excluding carboxylic acids is 1. The molecule has 0 heterocycles. The lowest BCUT2D eigenvalue weighted by Crippen LogP contribution is -2.31. The lowest BCUT2D eigenvalue weighted by molar-refractivity contribution is -0.143. The molecule has 1 rings (SSSR count). The van der Waals surface area contributed by atoms with E-state index in [0.29, 0.717) is 12.8 Å². The molecule has 0 aromatic carbocycles. The van der Waals surface area contributed by atoms with Crippen molar-refractivity contribution in [3.05, 3.63) is 0 Å². The van der Waals surface area contributed by atoms with Crippen LogP contribution in [0.4, 0.5) is 0 Å². The third-order valence-corrected chi connectivity index (χ3v) is 2.68. The highest BCUT2D eigenvalue weighted by atomic mass is 16.4. The van der Waals surface area contributed by atoms with Crippen LogP contribution in [-0.2, 0) is 9.59 Å². The smallest absolute Gasteiger partial charge is 0.304 e. The Balaban J connectivity index is 2.59. The molecule has 2 N–H and O–H groups in total. The number of ketones is 1. The van der Waals surface area contributed by atoms with E-state index < -0.39 is 18.0 Å². The number of carboxylic acids is 1. The standard InChI is InChI=1S/C10H16O4/c11-8-5-3-1-2-4-7(10(8)14)6-9(12)13/h7-8,11H,1-6H2,(H,12,13). The van der Waals surface area contributed by atoms with Crippen molar-refractivity contribution in [1.29, 1.82) is 0 Å². The van der Waals surface area contributed by atoms with E-state index in [-0.39, 0.29) is 12.2 Å². The molecule has 0 bridgehead atoms. The van der Waals surface area contributed by atoms with Gasteiger partial charge in [-0.25, -0.2) is 0 Å². The van der Waals surface area contributed by atoms with Gasteiger partial charge in [-0.1, -0.05) is 19.3 Å². The number of aliphatic hydroxyl groups excluding tert-OH is 1. The predicted molar refractivity (Wildman–Crippen MR) is 49.8 cm³/mol. The third kappa shape index (κ3) is 3.10. The van der Waals surface area contributed by atoms with Crippen molar-refractivity contribution < 1.29 is 19.8 Å². The first-order valence-corrected chi connectivity index (χ1v) is 5.05. The Morgan fingerprint density at radius 2 is 1.93 bits per heavy atom. The Hall–Kier alpha value is -0.900. The van der Waals surface area contributed by atoms with E-state index in [2.05, 4.69) is 0 Å².